The van der Waals surface area contributed by atoms with Crippen molar-refractivity contribution in [2.75, 3.05) is 7.11 Å². The maximum absolute atomic E-state index is 5.35. The zero-order valence-corrected chi connectivity index (χ0v) is 10.6. The van der Waals surface area contributed by atoms with E-state index in [1.807, 2.05) is 22.9 Å². The fourth-order valence-electron chi connectivity index (χ4n) is 1.66. The first kappa shape index (κ1) is 10.5. The van der Waals surface area contributed by atoms with Crippen molar-refractivity contribution in [3.8, 4) is 5.75 Å². The molecule has 2 aromatic rings. The van der Waals surface area contributed by atoms with Crippen molar-refractivity contribution >= 4 is 26.8 Å². The molecule has 3 nitrogen and oxygen atoms in total. The molecule has 1 aromatic heterocycles. The summed E-state index contributed by atoms with van der Waals surface area (Å²) < 4.78 is 8.19. The summed E-state index contributed by atoms with van der Waals surface area (Å²) in [6.07, 6.45) is 0. The van der Waals surface area contributed by atoms with Gasteiger partial charge in [-0.3, -0.25) is 4.68 Å². The Morgan fingerprint density at radius 1 is 1.40 bits per heavy atom. The fraction of sp³-hybridized carbons (Fsp3) is 0.364. The van der Waals surface area contributed by atoms with E-state index in [0.29, 0.717) is 6.04 Å². The van der Waals surface area contributed by atoms with Gasteiger partial charge in [-0.25, -0.2) is 0 Å². The van der Waals surface area contributed by atoms with E-state index < -0.39 is 0 Å². The van der Waals surface area contributed by atoms with Crippen LogP contribution in [0.2, 0.25) is 0 Å². The number of methoxy groups -OCH3 is 1. The highest BCUT2D eigenvalue weighted by molar-refractivity contribution is 9.10. The molecule has 0 atom stereocenters. The Hall–Kier alpha value is -1.03. The van der Waals surface area contributed by atoms with Crippen LogP contribution in [0.1, 0.15) is 19.9 Å². The summed E-state index contributed by atoms with van der Waals surface area (Å²) >= 11 is 3.46. The second-order valence-corrected chi connectivity index (χ2v) is 4.44. The van der Waals surface area contributed by atoms with Gasteiger partial charge in [0.05, 0.1) is 7.11 Å². The van der Waals surface area contributed by atoms with Crippen LogP contribution in [-0.4, -0.2) is 16.9 Å². The van der Waals surface area contributed by atoms with Crippen LogP contribution in [0.4, 0.5) is 0 Å². The smallest absolute Gasteiger partial charge is 0.144 e. The number of para-hydroxylation sites is 1. The van der Waals surface area contributed by atoms with Gasteiger partial charge in [-0.05, 0) is 41.9 Å². The Morgan fingerprint density at radius 3 is 2.73 bits per heavy atom. The van der Waals surface area contributed by atoms with Gasteiger partial charge in [0.2, 0.25) is 0 Å². The topological polar surface area (TPSA) is 27.1 Å². The van der Waals surface area contributed by atoms with Gasteiger partial charge in [-0.15, -0.1) is 0 Å². The molecule has 0 radical (unpaired) electrons. The Bertz CT molecular complexity index is 491. The number of halogens is 1. The van der Waals surface area contributed by atoms with Crippen LogP contribution in [0.3, 0.4) is 0 Å². The molecule has 15 heavy (non-hydrogen) atoms. The standard InChI is InChI=1S/C11H13BrN2O/c1-7(2)14-10-8(11(12)13-14)5-4-6-9(10)15-3/h4-7H,1-3H3. The van der Waals surface area contributed by atoms with Crippen LogP contribution in [-0.2, 0) is 0 Å². The number of nitrogens with zero attached hydrogens (tertiary/aromatic N) is 2. The molecular weight excluding hydrogens is 256 g/mol. The van der Waals surface area contributed by atoms with Crippen molar-refractivity contribution in [2.45, 2.75) is 19.9 Å². The van der Waals surface area contributed by atoms with Crippen molar-refractivity contribution in [3.63, 3.8) is 0 Å². The summed E-state index contributed by atoms with van der Waals surface area (Å²) in [6.45, 7) is 4.20. The zero-order chi connectivity index (χ0) is 11.0. The molecule has 0 saturated carbocycles. The highest BCUT2D eigenvalue weighted by Gasteiger charge is 2.14. The molecule has 1 aromatic carbocycles. The number of rotatable bonds is 2. The Morgan fingerprint density at radius 2 is 2.13 bits per heavy atom. The highest BCUT2D eigenvalue weighted by atomic mass is 79.9. The first-order valence-corrected chi connectivity index (χ1v) is 5.65. The van der Waals surface area contributed by atoms with Crippen molar-refractivity contribution in [1.29, 1.82) is 0 Å². The zero-order valence-electron chi connectivity index (χ0n) is 8.99. The van der Waals surface area contributed by atoms with Crippen molar-refractivity contribution in [3.05, 3.63) is 22.8 Å². The lowest BCUT2D eigenvalue weighted by Gasteiger charge is -2.09. The van der Waals surface area contributed by atoms with Crippen LogP contribution in [0.25, 0.3) is 10.9 Å². The summed E-state index contributed by atoms with van der Waals surface area (Å²) in [6, 6.07) is 6.27. The number of hydrogen-bond donors (Lipinski definition) is 0. The molecule has 0 aliphatic heterocycles. The molecule has 2 rings (SSSR count). The van der Waals surface area contributed by atoms with E-state index >= 15 is 0 Å². The SMILES string of the molecule is COc1cccc2c(Br)nn(C(C)C)c12. The maximum Gasteiger partial charge on any atom is 0.144 e. The quantitative estimate of drug-likeness (QED) is 0.835. The number of ether oxygens (including phenoxy) is 1. The molecule has 0 aliphatic rings. The normalized spacial score (nSPS) is 11.3. The van der Waals surface area contributed by atoms with Gasteiger partial charge < -0.3 is 4.74 Å². The molecule has 0 unspecified atom stereocenters. The molecule has 0 amide bonds. The van der Waals surface area contributed by atoms with E-state index in [9.17, 15) is 0 Å². The second-order valence-electron chi connectivity index (χ2n) is 3.69. The fourth-order valence-corrected chi connectivity index (χ4v) is 2.15. The van der Waals surface area contributed by atoms with E-state index in [1.54, 1.807) is 7.11 Å². The Kier molecular flexibility index (Phi) is 2.69. The molecule has 0 aliphatic carbocycles. The van der Waals surface area contributed by atoms with Gasteiger partial charge in [0.1, 0.15) is 15.9 Å². The number of fused-ring (bicyclic) bond motifs is 1. The average Bonchev–Trinajstić information content (AvgIpc) is 2.56. The van der Waals surface area contributed by atoms with Gasteiger partial charge in [0.15, 0.2) is 0 Å². The minimum Gasteiger partial charge on any atom is -0.494 e. The minimum absolute atomic E-state index is 0.315. The largest absolute Gasteiger partial charge is 0.494 e. The van der Waals surface area contributed by atoms with Crippen LogP contribution >= 0.6 is 15.9 Å². The number of hydrogen-bond acceptors (Lipinski definition) is 2. The lowest BCUT2D eigenvalue weighted by Crippen LogP contribution is -2.03. The summed E-state index contributed by atoms with van der Waals surface area (Å²) in [7, 11) is 1.68. The third-order valence-electron chi connectivity index (χ3n) is 2.35. The second kappa shape index (κ2) is 3.85. The van der Waals surface area contributed by atoms with Crippen molar-refractivity contribution < 1.29 is 4.74 Å². The highest BCUT2D eigenvalue weighted by Crippen LogP contribution is 2.32. The third-order valence-corrected chi connectivity index (χ3v) is 2.94. The molecule has 4 heteroatoms. The Labute approximate surface area is 97.2 Å². The average molecular weight is 269 g/mol. The lowest BCUT2D eigenvalue weighted by atomic mass is 10.2. The van der Waals surface area contributed by atoms with E-state index in [-0.39, 0.29) is 0 Å². The van der Waals surface area contributed by atoms with E-state index in [1.165, 1.54) is 0 Å². The minimum atomic E-state index is 0.315. The summed E-state index contributed by atoms with van der Waals surface area (Å²) in [4.78, 5) is 0. The van der Waals surface area contributed by atoms with E-state index in [4.69, 9.17) is 4.74 Å². The van der Waals surface area contributed by atoms with Crippen LogP contribution in [0.15, 0.2) is 22.8 Å². The number of aromatic nitrogens is 2. The lowest BCUT2D eigenvalue weighted by molar-refractivity contribution is 0.414. The predicted octanol–water partition coefficient (Wildman–Crippen LogP) is 3.39. The van der Waals surface area contributed by atoms with Gasteiger partial charge in [0, 0.05) is 11.4 Å². The first-order chi connectivity index (χ1) is 7.15. The summed E-state index contributed by atoms with van der Waals surface area (Å²) in [5, 5.41) is 5.54. The van der Waals surface area contributed by atoms with E-state index in [0.717, 1.165) is 21.3 Å². The molecule has 0 N–H and O–H groups in total. The first-order valence-electron chi connectivity index (χ1n) is 4.86. The molecular formula is C11H13BrN2O. The monoisotopic (exact) mass is 268 g/mol. The summed E-state index contributed by atoms with van der Waals surface area (Å²) in [5.74, 6) is 0.861. The Balaban J connectivity index is 2.82. The molecule has 80 valence electrons. The van der Waals surface area contributed by atoms with Crippen molar-refractivity contribution in [1.82, 2.24) is 9.78 Å². The molecule has 0 spiro atoms. The molecule has 0 fully saturated rings. The van der Waals surface area contributed by atoms with Gasteiger partial charge >= 0.3 is 0 Å². The summed E-state index contributed by atoms with van der Waals surface area (Å²) in [5.41, 5.74) is 1.04. The van der Waals surface area contributed by atoms with Crippen LogP contribution in [0.5, 0.6) is 5.75 Å². The van der Waals surface area contributed by atoms with Crippen LogP contribution in [0, 0.1) is 0 Å². The number of benzene rings is 1. The van der Waals surface area contributed by atoms with Crippen molar-refractivity contribution in [2.24, 2.45) is 0 Å². The van der Waals surface area contributed by atoms with Crippen LogP contribution < -0.4 is 4.74 Å². The van der Waals surface area contributed by atoms with E-state index in [2.05, 4.69) is 34.9 Å². The molecule has 1 heterocycles. The maximum atomic E-state index is 5.35. The molecule has 0 bridgehead atoms. The van der Waals surface area contributed by atoms with Gasteiger partial charge in [-0.1, -0.05) is 6.07 Å². The molecule has 0 saturated heterocycles. The van der Waals surface area contributed by atoms with Gasteiger partial charge in [-0.2, -0.15) is 5.10 Å². The predicted molar refractivity (Wildman–Crippen MR) is 64.4 cm³/mol. The third kappa shape index (κ3) is 1.63. The van der Waals surface area contributed by atoms with Gasteiger partial charge in [0.25, 0.3) is 0 Å².